The fraction of sp³-hybridized carbons (Fsp3) is 0.167. The van der Waals surface area contributed by atoms with Crippen molar-refractivity contribution in [3.8, 4) is 0 Å². The highest BCUT2D eigenvalue weighted by atomic mass is 16.5. The number of carbonyl (C=O) groups is 1. The van der Waals surface area contributed by atoms with E-state index in [1.807, 2.05) is 30.3 Å². The summed E-state index contributed by atoms with van der Waals surface area (Å²) in [5.74, 6) is -0.341. The Morgan fingerprint density at radius 1 is 1.47 bits per heavy atom. The zero-order valence-electron chi connectivity index (χ0n) is 8.43. The van der Waals surface area contributed by atoms with E-state index in [1.165, 1.54) is 7.11 Å². The molecule has 3 nitrogen and oxygen atoms in total. The summed E-state index contributed by atoms with van der Waals surface area (Å²) in [6.45, 7) is 7.00. The summed E-state index contributed by atoms with van der Waals surface area (Å²) in [7, 11) is 1.33. The van der Waals surface area contributed by atoms with Gasteiger partial charge < -0.3 is 4.74 Å². The Labute approximate surface area is 88.8 Å². The number of carbonyl (C=O) groups excluding carboxylic acids is 1. The number of hydrogen-bond donors (Lipinski definition) is 0. The Kier molecular flexibility index (Phi) is 4.11. The smallest absolute Gasteiger partial charge is 0.308 e. The van der Waals surface area contributed by atoms with E-state index in [0.717, 1.165) is 5.56 Å². The summed E-state index contributed by atoms with van der Waals surface area (Å²) < 4.78 is 4.49. The minimum absolute atomic E-state index is 0.128. The Balaban J connectivity index is 2.82. The zero-order valence-corrected chi connectivity index (χ0v) is 8.43. The molecule has 0 N–H and O–H groups in total. The van der Waals surface area contributed by atoms with Crippen molar-refractivity contribution in [2.45, 2.75) is 6.42 Å². The molecule has 15 heavy (non-hydrogen) atoms. The van der Waals surface area contributed by atoms with Crippen LogP contribution < -0.4 is 0 Å². The topological polar surface area (TPSA) is 30.7 Å². The molecule has 0 spiro atoms. The Morgan fingerprint density at radius 3 is 2.67 bits per heavy atom. The van der Waals surface area contributed by atoms with Gasteiger partial charge in [0.15, 0.2) is 5.70 Å². The maximum Gasteiger partial charge on any atom is 0.308 e. The molecule has 0 fully saturated rings. The van der Waals surface area contributed by atoms with Crippen LogP contribution in [0.25, 0.3) is 10.5 Å². The van der Waals surface area contributed by atoms with Gasteiger partial charge in [0.25, 0.3) is 0 Å². The number of nitrogens with zero attached hydrogens (tertiary/aromatic N) is 1. The van der Waals surface area contributed by atoms with Gasteiger partial charge in [0.2, 0.25) is 0 Å². The first-order valence-electron chi connectivity index (χ1n) is 4.47. The number of methoxy groups -OCH3 is 1. The van der Waals surface area contributed by atoms with E-state index in [0.29, 0.717) is 5.70 Å². The third-order valence-corrected chi connectivity index (χ3v) is 1.88. The van der Waals surface area contributed by atoms with Crippen LogP contribution in [0.5, 0.6) is 0 Å². The zero-order chi connectivity index (χ0) is 11.1. The maximum absolute atomic E-state index is 10.9. The fourth-order valence-corrected chi connectivity index (χ4v) is 1.10. The Bertz CT molecular complexity index is 401. The molecule has 0 amide bonds. The normalized spacial score (nSPS) is 10.5. The molecule has 3 heteroatoms. The number of esters is 1. The van der Waals surface area contributed by atoms with Gasteiger partial charge in [-0.25, -0.2) is 4.85 Å². The minimum atomic E-state index is -0.341. The summed E-state index contributed by atoms with van der Waals surface area (Å²) in [6.07, 6.45) is 1.71. The van der Waals surface area contributed by atoms with Gasteiger partial charge in [-0.1, -0.05) is 36.4 Å². The molecule has 0 saturated carbocycles. The van der Waals surface area contributed by atoms with Crippen LogP contribution >= 0.6 is 0 Å². The molecule has 0 aliphatic carbocycles. The van der Waals surface area contributed by atoms with Crippen molar-refractivity contribution in [1.82, 2.24) is 0 Å². The van der Waals surface area contributed by atoms with E-state index in [4.69, 9.17) is 6.57 Å². The lowest BCUT2D eigenvalue weighted by Crippen LogP contribution is -1.97. The lowest BCUT2D eigenvalue weighted by molar-refractivity contribution is -0.139. The molecule has 1 aromatic carbocycles. The predicted molar refractivity (Wildman–Crippen MR) is 57.7 cm³/mol. The van der Waals surface area contributed by atoms with Crippen LogP contribution in [0.4, 0.5) is 0 Å². The molecular formula is C12H11NO2. The largest absolute Gasteiger partial charge is 0.469 e. The molecule has 1 rings (SSSR count). The first-order chi connectivity index (χ1) is 7.27. The van der Waals surface area contributed by atoms with Gasteiger partial charge >= 0.3 is 5.97 Å². The average molecular weight is 201 g/mol. The second-order valence-corrected chi connectivity index (χ2v) is 2.85. The summed E-state index contributed by atoms with van der Waals surface area (Å²) in [4.78, 5) is 14.3. The summed E-state index contributed by atoms with van der Waals surface area (Å²) >= 11 is 0. The summed E-state index contributed by atoms with van der Waals surface area (Å²) in [5, 5.41) is 0. The van der Waals surface area contributed by atoms with Crippen LogP contribution in [0.2, 0.25) is 0 Å². The molecule has 0 atom stereocenters. The van der Waals surface area contributed by atoms with E-state index in [2.05, 4.69) is 9.58 Å². The molecule has 0 aliphatic rings. The van der Waals surface area contributed by atoms with Gasteiger partial charge in [-0.3, -0.25) is 4.79 Å². The third-order valence-electron chi connectivity index (χ3n) is 1.88. The van der Waals surface area contributed by atoms with E-state index in [1.54, 1.807) is 6.08 Å². The lowest BCUT2D eigenvalue weighted by Gasteiger charge is -1.98. The van der Waals surface area contributed by atoms with Gasteiger partial charge in [-0.2, -0.15) is 0 Å². The monoisotopic (exact) mass is 201 g/mol. The van der Waals surface area contributed by atoms with Crippen molar-refractivity contribution < 1.29 is 9.53 Å². The van der Waals surface area contributed by atoms with Gasteiger partial charge in [-0.05, 0) is 5.56 Å². The highest BCUT2D eigenvalue weighted by Crippen LogP contribution is 2.15. The number of benzene rings is 1. The Hall–Kier alpha value is -2.08. The van der Waals surface area contributed by atoms with Crippen LogP contribution in [0, 0.1) is 6.57 Å². The van der Waals surface area contributed by atoms with Gasteiger partial charge in [0.05, 0.1) is 20.1 Å². The quantitative estimate of drug-likeness (QED) is 0.555. The van der Waals surface area contributed by atoms with Crippen molar-refractivity contribution in [2.75, 3.05) is 7.11 Å². The fourth-order valence-electron chi connectivity index (χ4n) is 1.10. The van der Waals surface area contributed by atoms with Gasteiger partial charge in [0.1, 0.15) is 0 Å². The van der Waals surface area contributed by atoms with Crippen molar-refractivity contribution in [3.05, 3.63) is 53.4 Å². The second-order valence-electron chi connectivity index (χ2n) is 2.85. The van der Waals surface area contributed by atoms with Crippen molar-refractivity contribution in [3.63, 3.8) is 0 Å². The average Bonchev–Trinajstić information content (AvgIpc) is 2.31. The molecule has 0 aliphatic heterocycles. The van der Waals surface area contributed by atoms with Crippen molar-refractivity contribution in [1.29, 1.82) is 0 Å². The standard InChI is InChI=1S/C12H11NO2/c1-13-11(8-9-12(14)15-2)10-6-4-3-5-7-10/h3-8H,9H2,2H3/b11-8-. The number of ether oxygens (including phenoxy) is 1. The van der Waals surface area contributed by atoms with Gasteiger partial charge in [0, 0.05) is 0 Å². The molecule has 76 valence electrons. The molecule has 0 bridgehead atoms. The van der Waals surface area contributed by atoms with Gasteiger partial charge in [-0.15, -0.1) is 0 Å². The second kappa shape index (κ2) is 5.61. The SMILES string of the molecule is [C-]#[N+]/C(=C\CC(=O)OC)c1ccccc1. The highest BCUT2D eigenvalue weighted by Gasteiger charge is 2.02. The molecule has 0 unspecified atom stereocenters. The van der Waals surface area contributed by atoms with E-state index < -0.39 is 0 Å². The van der Waals surface area contributed by atoms with Crippen LogP contribution in [-0.2, 0) is 9.53 Å². The van der Waals surface area contributed by atoms with Crippen LogP contribution in [0.3, 0.4) is 0 Å². The third kappa shape index (κ3) is 3.28. The van der Waals surface area contributed by atoms with E-state index >= 15 is 0 Å². The van der Waals surface area contributed by atoms with Crippen molar-refractivity contribution in [2.24, 2.45) is 0 Å². The molecule has 0 heterocycles. The minimum Gasteiger partial charge on any atom is -0.469 e. The molecule has 1 aromatic rings. The highest BCUT2D eigenvalue weighted by molar-refractivity contribution is 5.77. The maximum atomic E-state index is 10.9. The first-order valence-corrected chi connectivity index (χ1v) is 4.47. The Morgan fingerprint density at radius 2 is 2.13 bits per heavy atom. The van der Waals surface area contributed by atoms with Crippen LogP contribution in [0.1, 0.15) is 12.0 Å². The molecule has 0 saturated heterocycles. The van der Waals surface area contributed by atoms with Crippen molar-refractivity contribution >= 4 is 11.7 Å². The summed E-state index contributed by atoms with van der Waals surface area (Å²) in [6, 6.07) is 9.26. The number of hydrogen-bond acceptors (Lipinski definition) is 2. The molecule has 0 radical (unpaired) electrons. The molecule has 0 aromatic heterocycles. The van der Waals surface area contributed by atoms with Crippen LogP contribution in [-0.4, -0.2) is 13.1 Å². The predicted octanol–water partition coefficient (Wildman–Crippen LogP) is 2.51. The molecular weight excluding hydrogens is 190 g/mol. The number of rotatable bonds is 3. The summed E-state index contributed by atoms with van der Waals surface area (Å²) in [5.41, 5.74) is 1.29. The van der Waals surface area contributed by atoms with E-state index in [9.17, 15) is 4.79 Å². The lowest BCUT2D eigenvalue weighted by atomic mass is 10.1. The first kappa shape index (κ1) is 11.0. The van der Waals surface area contributed by atoms with Crippen LogP contribution in [0.15, 0.2) is 36.4 Å². The van der Waals surface area contributed by atoms with E-state index in [-0.39, 0.29) is 12.4 Å².